The molecule has 0 N–H and O–H groups in total. The van der Waals surface area contributed by atoms with E-state index in [1.54, 1.807) is 0 Å². The zero-order valence-electron chi connectivity index (χ0n) is 28.5. The van der Waals surface area contributed by atoms with Crippen molar-refractivity contribution in [3.05, 3.63) is 137 Å². The topological polar surface area (TPSA) is 21.7 Å². The molecule has 0 aromatic heterocycles. The summed E-state index contributed by atoms with van der Waals surface area (Å²) >= 11 is 0. The van der Waals surface area contributed by atoms with Crippen LogP contribution in [-0.4, -0.2) is 26.3 Å². The number of morpholine rings is 1. The van der Waals surface area contributed by atoms with Crippen molar-refractivity contribution in [3.63, 3.8) is 0 Å². The van der Waals surface area contributed by atoms with E-state index in [1.165, 1.54) is 81.9 Å². The predicted molar refractivity (Wildman–Crippen MR) is 198 cm³/mol. The third-order valence-corrected chi connectivity index (χ3v) is 11.7. The van der Waals surface area contributed by atoms with Crippen molar-refractivity contribution in [3.8, 4) is 16.9 Å². The summed E-state index contributed by atoms with van der Waals surface area (Å²) in [6, 6.07) is 36.5. The molecule has 0 bridgehead atoms. The number of nitrogens with zero attached hydrogens (tertiary/aromatic N) is 1. The van der Waals surface area contributed by atoms with Crippen LogP contribution in [0.15, 0.2) is 103 Å². The van der Waals surface area contributed by atoms with Crippen molar-refractivity contribution in [2.75, 3.05) is 31.2 Å². The van der Waals surface area contributed by atoms with E-state index in [4.69, 9.17) is 9.47 Å². The number of benzene rings is 5. The molecule has 2 aliphatic heterocycles. The fourth-order valence-corrected chi connectivity index (χ4v) is 9.23. The van der Waals surface area contributed by atoms with Crippen LogP contribution in [0.4, 0.5) is 5.69 Å². The van der Waals surface area contributed by atoms with E-state index in [9.17, 15) is 0 Å². The fourth-order valence-electron chi connectivity index (χ4n) is 9.23. The van der Waals surface area contributed by atoms with Gasteiger partial charge in [-0.25, -0.2) is 0 Å². The van der Waals surface area contributed by atoms with E-state index < -0.39 is 5.60 Å². The highest BCUT2D eigenvalue weighted by Crippen LogP contribution is 2.62. The van der Waals surface area contributed by atoms with E-state index in [-0.39, 0.29) is 10.8 Å². The van der Waals surface area contributed by atoms with Gasteiger partial charge in [-0.3, -0.25) is 0 Å². The van der Waals surface area contributed by atoms with E-state index in [2.05, 4.69) is 135 Å². The molecule has 2 fully saturated rings. The molecule has 5 aromatic carbocycles. The molecule has 1 unspecified atom stereocenters. The Morgan fingerprint density at radius 3 is 2.04 bits per heavy atom. The summed E-state index contributed by atoms with van der Waals surface area (Å²) in [6.45, 7) is 10.2. The van der Waals surface area contributed by atoms with Crippen molar-refractivity contribution in [1.82, 2.24) is 0 Å². The van der Waals surface area contributed by atoms with Crippen LogP contribution in [0.2, 0.25) is 0 Å². The van der Waals surface area contributed by atoms with Crippen molar-refractivity contribution in [1.29, 1.82) is 0 Å². The van der Waals surface area contributed by atoms with Gasteiger partial charge in [0, 0.05) is 46.3 Å². The van der Waals surface area contributed by atoms with Gasteiger partial charge in [0.25, 0.3) is 0 Å². The monoisotopic (exact) mass is 631 g/mol. The lowest BCUT2D eigenvalue weighted by Gasteiger charge is -2.41. The number of hydrogen-bond acceptors (Lipinski definition) is 3. The summed E-state index contributed by atoms with van der Waals surface area (Å²) in [5, 5.41) is 2.50. The Morgan fingerprint density at radius 2 is 1.33 bits per heavy atom. The Hall–Kier alpha value is -4.34. The molecule has 9 rings (SSSR count). The lowest BCUT2D eigenvalue weighted by molar-refractivity contribution is 0.122. The second-order valence-corrected chi connectivity index (χ2v) is 15.4. The van der Waals surface area contributed by atoms with Crippen LogP contribution in [0.5, 0.6) is 5.75 Å². The summed E-state index contributed by atoms with van der Waals surface area (Å²) in [5.41, 5.74) is 11.3. The number of fused-ring (bicyclic) bond motifs is 10. The first-order chi connectivity index (χ1) is 23.4. The van der Waals surface area contributed by atoms with Crippen LogP contribution >= 0.6 is 0 Å². The fraction of sp³-hybridized carbons (Fsp3) is 0.333. The Balaban J connectivity index is 1.27. The average molecular weight is 632 g/mol. The first kappa shape index (κ1) is 29.8. The molecule has 1 saturated heterocycles. The summed E-state index contributed by atoms with van der Waals surface area (Å²) < 4.78 is 13.3. The molecule has 4 aliphatic rings. The normalized spacial score (nSPS) is 21.1. The average Bonchev–Trinajstić information content (AvgIpc) is 3.41. The van der Waals surface area contributed by atoms with Gasteiger partial charge in [-0.2, -0.15) is 0 Å². The molecule has 48 heavy (non-hydrogen) atoms. The van der Waals surface area contributed by atoms with Gasteiger partial charge in [0.2, 0.25) is 0 Å². The van der Waals surface area contributed by atoms with Crippen LogP contribution in [0.25, 0.3) is 28.0 Å². The molecular weight excluding hydrogens is 587 g/mol. The minimum Gasteiger partial charge on any atom is -0.472 e. The molecule has 0 amide bonds. The summed E-state index contributed by atoms with van der Waals surface area (Å²) in [7, 11) is 0. The highest BCUT2D eigenvalue weighted by atomic mass is 16.5. The van der Waals surface area contributed by atoms with Gasteiger partial charge in [-0.15, -0.1) is 0 Å². The Bertz CT molecular complexity index is 2040. The van der Waals surface area contributed by atoms with E-state index in [1.807, 2.05) is 0 Å². The van der Waals surface area contributed by atoms with Gasteiger partial charge >= 0.3 is 0 Å². The molecule has 5 aromatic rings. The molecule has 2 aliphatic carbocycles. The van der Waals surface area contributed by atoms with Gasteiger partial charge in [0.1, 0.15) is 5.75 Å². The molecule has 1 atom stereocenters. The maximum Gasteiger partial charge on any atom is 0.178 e. The van der Waals surface area contributed by atoms with Crippen LogP contribution in [0.3, 0.4) is 0 Å². The molecular formula is C45H45NO2. The van der Waals surface area contributed by atoms with E-state index in [0.717, 1.165) is 43.2 Å². The summed E-state index contributed by atoms with van der Waals surface area (Å²) in [5.74, 6) is 1.02. The number of hydrogen-bond donors (Lipinski definition) is 0. The number of ether oxygens (including phenoxy) is 2. The third-order valence-electron chi connectivity index (χ3n) is 11.7. The van der Waals surface area contributed by atoms with E-state index in [0.29, 0.717) is 0 Å². The van der Waals surface area contributed by atoms with Gasteiger partial charge < -0.3 is 14.4 Å². The van der Waals surface area contributed by atoms with Gasteiger partial charge in [0.15, 0.2) is 5.60 Å². The first-order valence-electron chi connectivity index (χ1n) is 18.0. The Morgan fingerprint density at radius 1 is 0.688 bits per heavy atom. The smallest absolute Gasteiger partial charge is 0.178 e. The van der Waals surface area contributed by atoms with Crippen molar-refractivity contribution < 1.29 is 9.47 Å². The highest BCUT2D eigenvalue weighted by molar-refractivity contribution is 6.08. The molecule has 242 valence electrons. The van der Waals surface area contributed by atoms with E-state index >= 15 is 0 Å². The molecule has 3 heteroatoms. The van der Waals surface area contributed by atoms with Crippen LogP contribution in [0.1, 0.15) is 86.3 Å². The quantitative estimate of drug-likeness (QED) is 0.198. The summed E-state index contributed by atoms with van der Waals surface area (Å²) in [4.78, 5) is 2.42. The first-order valence-corrected chi connectivity index (χ1v) is 18.0. The van der Waals surface area contributed by atoms with Crippen LogP contribution in [0, 0.1) is 0 Å². The van der Waals surface area contributed by atoms with Crippen molar-refractivity contribution in [2.24, 2.45) is 0 Å². The highest BCUT2D eigenvalue weighted by Gasteiger charge is 2.48. The van der Waals surface area contributed by atoms with Crippen LogP contribution < -0.4 is 9.64 Å². The SMILES string of the molecule is CC(C)(C)c1ccc(C2(c3ccc(N4CCOCC4)cc3)C=Cc3c4c(c5ccccc5c3O2)-c2ccccc2C42CCCCC2)cc1. The minimum absolute atomic E-state index is 0.0279. The predicted octanol–water partition coefficient (Wildman–Crippen LogP) is 10.6. The number of rotatable bonds is 3. The Labute approximate surface area is 285 Å². The van der Waals surface area contributed by atoms with Crippen LogP contribution in [-0.2, 0) is 21.2 Å². The lowest BCUT2D eigenvalue weighted by Crippen LogP contribution is -2.37. The molecule has 1 spiro atoms. The van der Waals surface area contributed by atoms with Gasteiger partial charge in [-0.05, 0) is 69.7 Å². The molecule has 3 nitrogen and oxygen atoms in total. The maximum atomic E-state index is 7.65. The van der Waals surface area contributed by atoms with Crippen molar-refractivity contribution in [2.45, 2.75) is 69.3 Å². The van der Waals surface area contributed by atoms with Crippen molar-refractivity contribution >= 4 is 22.5 Å². The molecule has 2 heterocycles. The second-order valence-electron chi connectivity index (χ2n) is 15.4. The standard InChI is InChI=1S/C45H45NO2/c1-43(2,3)31-15-17-32(18-16-31)45(33-19-21-34(22-20-33)46-27-29-47-30-28-46)26-23-38-41-40(35-11-5-6-12-36(35)42(38)48-45)37-13-7-8-14-39(37)44(41)24-9-4-10-25-44/h5-8,11-23,26H,4,9-10,24-25,27-30H2,1-3H3. The summed E-state index contributed by atoms with van der Waals surface area (Å²) in [6.07, 6.45) is 11.0. The lowest BCUT2D eigenvalue weighted by atomic mass is 9.66. The Kier molecular flexibility index (Phi) is 6.89. The van der Waals surface area contributed by atoms with Gasteiger partial charge in [-0.1, -0.05) is 131 Å². The zero-order valence-corrected chi connectivity index (χ0v) is 28.5. The van der Waals surface area contributed by atoms with Gasteiger partial charge in [0.05, 0.1) is 13.2 Å². The molecule has 1 saturated carbocycles. The third kappa shape index (κ3) is 4.43. The zero-order chi connectivity index (χ0) is 32.5. The maximum absolute atomic E-state index is 7.65. The largest absolute Gasteiger partial charge is 0.472 e. The second kappa shape index (κ2) is 11.1. The minimum atomic E-state index is -0.769. The molecule has 0 radical (unpaired) electrons. The number of anilines is 1.